The Bertz CT molecular complexity index is 1480. The van der Waals surface area contributed by atoms with Crippen molar-refractivity contribution in [3.8, 4) is 5.69 Å². The number of rotatable bonds is 6. The van der Waals surface area contributed by atoms with Gasteiger partial charge in [-0.1, -0.05) is 18.6 Å². The molecular formula is C26H27F3N6O2+. The van der Waals surface area contributed by atoms with Crippen LogP contribution in [0, 0.1) is 12.1 Å². The summed E-state index contributed by atoms with van der Waals surface area (Å²) >= 11 is 0. The van der Waals surface area contributed by atoms with E-state index in [1.165, 1.54) is 35.8 Å². The highest BCUT2D eigenvalue weighted by atomic mass is 19.4. The highest BCUT2D eigenvalue weighted by Gasteiger charge is 2.42. The quantitative estimate of drug-likeness (QED) is 0.453. The average Bonchev–Trinajstić information content (AvgIpc) is 3.38. The fraction of sp³-hybridized carbons (Fsp3) is 0.385. The molecule has 1 radical (unpaired) electrons. The molecule has 3 heterocycles. The number of benzene rings is 1. The van der Waals surface area contributed by atoms with Crippen molar-refractivity contribution in [2.45, 2.75) is 44.8 Å². The van der Waals surface area contributed by atoms with Crippen molar-refractivity contribution in [3.63, 3.8) is 0 Å². The summed E-state index contributed by atoms with van der Waals surface area (Å²) < 4.78 is 46.2. The van der Waals surface area contributed by atoms with Crippen molar-refractivity contribution >= 4 is 17.8 Å². The van der Waals surface area contributed by atoms with Gasteiger partial charge in [0.15, 0.2) is 0 Å². The molecule has 1 saturated carbocycles. The molecule has 11 heteroatoms. The van der Waals surface area contributed by atoms with E-state index in [1.807, 2.05) is 23.8 Å². The molecule has 0 N–H and O–H groups in total. The van der Waals surface area contributed by atoms with Crippen molar-refractivity contribution in [2.24, 2.45) is 16.1 Å². The van der Waals surface area contributed by atoms with E-state index in [0.29, 0.717) is 11.6 Å². The fourth-order valence-corrected chi connectivity index (χ4v) is 4.98. The molecule has 1 fully saturated rings. The highest BCUT2D eigenvalue weighted by molar-refractivity contribution is 5.72. The number of azo groups is 1. The summed E-state index contributed by atoms with van der Waals surface area (Å²) in [6.07, 6.45) is 3.59. The van der Waals surface area contributed by atoms with Crippen LogP contribution in [0.4, 0.5) is 13.2 Å². The smallest absolute Gasteiger partial charge is 0.342 e. The summed E-state index contributed by atoms with van der Waals surface area (Å²) in [5.74, 6) is 0.0494. The van der Waals surface area contributed by atoms with Gasteiger partial charge in [0.1, 0.15) is 0 Å². The van der Waals surface area contributed by atoms with Crippen molar-refractivity contribution in [3.05, 3.63) is 76.1 Å². The van der Waals surface area contributed by atoms with Gasteiger partial charge in [0.25, 0.3) is 0 Å². The minimum atomic E-state index is -4.68. The van der Waals surface area contributed by atoms with E-state index in [2.05, 4.69) is 10.2 Å². The lowest BCUT2D eigenvalue weighted by Gasteiger charge is -2.34. The average molecular weight is 513 g/mol. The van der Waals surface area contributed by atoms with Crippen molar-refractivity contribution in [1.29, 1.82) is 0 Å². The fourth-order valence-electron chi connectivity index (χ4n) is 4.98. The molecule has 0 saturated heterocycles. The lowest BCUT2D eigenvalue weighted by atomic mass is 9.71. The van der Waals surface area contributed by atoms with Crippen molar-refractivity contribution in [1.82, 2.24) is 13.9 Å². The first-order valence-electron chi connectivity index (χ1n) is 12.0. The van der Waals surface area contributed by atoms with Gasteiger partial charge in [-0.05, 0) is 53.2 Å². The third-order valence-electron chi connectivity index (χ3n) is 7.24. The molecule has 1 aliphatic heterocycles. The number of aromatic nitrogens is 2. The molecule has 3 aromatic rings. The van der Waals surface area contributed by atoms with E-state index >= 15 is 0 Å². The molecule has 1 atom stereocenters. The third-order valence-corrected chi connectivity index (χ3v) is 7.24. The van der Waals surface area contributed by atoms with Crippen LogP contribution in [0.2, 0.25) is 0 Å². The van der Waals surface area contributed by atoms with Crippen LogP contribution in [0.1, 0.15) is 48.8 Å². The van der Waals surface area contributed by atoms with E-state index in [0.717, 1.165) is 41.5 Å². The maximum Gasteiger partial charge on any atom is 0.418 e. The molecule has 1 aliphatic carbocycles. The highest BCUT2D eigenvalue weighted by Crippen LogP contribution is 2.46. The van der Waals surface area contributed by atoms with Crippen LogP contribution in [0.5, 0.6) is 0 Å². The zero-order chi connectivity index (χ0) is 26.5. The molecule has 1 aromatic carbocycles. The van der Waals surface area contributed by atoms with Gasteiger partial charge in [0, 0.05) is 32.9 Å². The number of amides is 1. The summed E-state index contributed by atoms with van der Waals surface area (Å²) in [5, 5.41) is 8.35. The Hall–Kier alpha value is -3.76. The number of fused-ring (bicyclic) bond motifs is 1. The number of hydrogen-bond donors (Lipinski definition) is 0. The van der Waals surface area contributed by atoms with Crippen LogP contribution in [-0.2, 0) is 17.5 Å². The Morgan fingerprint density at radius 3 is 2.59 bits per heavy atom. The number of likely N-dealkylation sites (N-methyl/N-ethyl adjacent to an activating group) is 1. The molecule has 2 aromatic heterocycles. The molecule has 1 amide bonds. The summed E-state index contributed by atoms with van der Waals surface area (Å²) in [6, 6.07) is 8.31. The van der Waals surface area contributed by atoms with Gasteiger partial charge in [0.2, 0.25) is 5.91 Å². The normalized spacial score (nSPS) is 17.2. The molecule has 8 nitrogen and oxygen atoms in total. The second-order valence-corrected chi connectivity index (χ2v) is 9.74. The number of alkyl halides is 3. The van der Waals surface area contributed by atoms with Crippen molar-refractivity contribution < 1.29 is 22.5 Å². The van der Waals surface area contributed by atoms with Gasteiger partial charge in [-0.15, -0.1) is 0 Å². The summed E-state index contributed by atoms with van der Waals surface area (Å²) in [4.78, 5) is 26.3. The van der Waals surface area contributed by atoms with E-state index in [4.69, 9.17) is 0 Å². The largest absolute Gasteiger partial charge is 0.418 e. The van der Waals surface area contributed by atoms with Gasteiger partial charge in [-0.2, -0.15) is 13.2 Å². The van der Waals surface area contributed by atoms with E-state index in [1.54, 1.807) is 18.5 Å². The van der Waals surface area contributed by atoms with Crippen LogP contribution in [0.15, 0.2) is 57.7 Å². The topological polar surface area (TPSA) is 74.4 Å². The predicted octanol–water partition coefficient (Wildman–Crippen LogP) is 4.60. The standard InChI is InChI=1S/C26H27F3N6O2/c1-16(36)32(2)12-17-10-21(26(27,28)29)22-14-34(25(37)35(22)13-17)20-9-5-8-19(11-20)23(18-6-4-7-18)24-31-30-15-33(24)3/h5,8-11,13-15,18,23H,4,6-7,12H2,1-3H3/q+1/t23-/m1/s1. The molecule has 2 aliphatic rings. The van der Waals surface area contributed by atoms with E-state index < -0.39 is 17.4 Å². The van der Waals surface area contributed by atoms with Crippen LogP contribution in [-0.4, -0.2) is 44.8 Å². The van der Waals surface area contributed by atoms with Crippen LogP contribution < -0.4 is 5.69 Å². The number of imidazole rings is 1. The van der Waals surface area contributed by atoms with Gasteiger partial charge < -0.3 is 4.90 Å². The molecular weight excluding hydrogens is 485 g/mol. The second-order valence-electron chi connectivity index (χ2n) is 9.74. The minimum absolute atomic E-state index is 0.0339. The molecule has 0 unspecified atom stereocenters. The zero-order valence-corrected chi connectivity index (χ0v) is 20.7. The van der Waals surface area contributed by atoms with Gasteiger partial charge in [0.05, 0.1) is 34.8 Å². The van der Waals surface area contributed by atoms with E-state index in [9.17, 15) is 22.8 Å². The molecule has 37 heavy (non-hydrogen) atoms. The first kappa shape index (κ1) is 24.9. The molecule has 193 valence electrons. The maximum absolute atomic E-state index is 14.0. The molecule has 5 rings (SSSR count). The zero-order valence-electron chi connectivity index (χ0n) is 20.7. The molecule has 0 bridgehead atoms. The molecule has 0 spiro atoms. The summed E-state index contributed by atoms with van der Waals surface area (Å²) in [7, 11) is 3.38. The third kappa shape index (κ3) is 4.58. The predicted molar refractivity (Wildman–Crippen MR) is 131 cm³/mol. The lowest BCUT2D eigenvalue weighted by molar-refractivity contribution is -0.480. The Morgan fingerprint density at radius 2 is 2.00 bits per heavy atom. The number of pyridine rings is 1. The van der Waals surface area contributed by atoms with Gasteiger partial charge >= 0.3 is 24.4 Å². The summed E-state index contributed by atoms with van der Waals surface area (Å²) in [6.45, 7) is 1.28. The number of hydrogen-bond acceptors (Lipinski definition) is 4. The lowest BCUT2D eigenvalue weighted by Crippen LogP contribution is -2.29. The first-order valence-corrected chi connectivity index (χ1v) is 12.0. The maximum atomic E-state index is 14.0. The monoisotopic (exact) mass is 512 g/mol. The first-order chi connectivity index (χ1) is 17.5. The van der Waals surface area contributed by atoms with Gasteiger partial charge in [-0.3, -0.25) is 13.8 Å². The number of carbonyl (C=O) groups is 1. The van der Waals surface area contributed by atoms with Gasteiger partial charge in [-0.25, -0.2) is 9.37 Å². The van der Waals surface area contributed by atoms with Crippen LogP contribution in [0.25, 0.3) is 11.2 Å². The van der Waals surface area contributed by atoms with Crippen LogP contribution >= 0.6 is 0 Å². The van der Waals surface area contributed by atoms with E-state index in [-0.39, 0.29) is 29.4 Å². The Labute approximate surface area is 211 Å². The Balaban J connectivity index is 1.61. The number of nitrogens with zero attached hydrogens (tertiary/aromatic N) is 6. The number of carbonyl (C=O) groups excluding carboxylic acids is 1. The Kier molecular flexibility index (Phi) is 6.25. The second kappa shape index (κ2) is 9.28. The Morgan fingerprint density at radius 1 is 1.24 bits per heavy atom. The van der Waals surface area contributed by atoms with Crippen molar-refractivity contribution in [2.75, 3.05) is 14.1 Å². The minimum Gasteiger partial charge on any atom is -0.342 e. The SMILES string of the molecule is CC(=O)N(C)Cc1cc(C(F)(F)F)c2cn(-c3cccc([C@H]([C]4N=NC=[N+]4C)C4CCC4)c3)c(=O)n2c1. The summed E-state index contributed by atoms with van der Waals surface area (Å²) in [5.41, 5.74) is -0.197. The number of halogens is 3. The van der Waals surface area contributed by atoms with Crippen LogP contribution in [0.3, 0.4) is 0 Å².